The number of nitrogens with zero attached hydrogens (tertiary/aromatic N) is 5. The molecular weight excluding hydrogens is 599 g/mol. The molecule has 4 amide bonds. The first-order chi connectivity index (χ1) is 22.8. The Morgan fingerprint density at radius 3 is 2.43 bits per heavy atom. The Labute approximate surface area is 272 Å². The Hall–Kier alpha value is -5.55. The third-order valence-corrected chi connectivity index (χ3v) is 8.43. The molecule has 2 fully saturated rings. The van der Waals surface area contributed by atoms with Gasteiger partial charge in [-0.15, -0.1) is 6.58 Å². The Bertz CT molecular complexity index is 1750. The molecule has 10 nitrogen and oxygen atoms in total. The second-order valence-electron chi connectivity index (χ2n) is 11.6. The van der Waals surface area contributed by atoms with Crippen molar-refractivity contribution in [2.45, 2.75) is 31.7 Å². The number of rotatable bonds is 9. The second-order valence-corrected chi connectivity index (χ2v) is 11.6. The van der Waals surface area contributed by atoms with Crippen molar-refractivity contribution in [3.8, 4) is 16.9 Å². The van der Waals surface area contributed by atoms with E-state index in [0.29, 0.717) is 16.7 Å². The standard InChI is InChI=1S/C36H35FN6O4/c1-2-18-41-24-34(45)42-32(20-25-8-11-29(44)12-9-25)35(46)40(22-27-10-13-31(37)30(19-27)28-14-16-38-17-15-28)23-33(42)43(41)36(47)39-21-26-6-4-3-5-7-26/h2-17,19,32-33,44H,1,18,20-24H2,(H,39,47)/t32-,33-/m0/s1. The minimum Gasteiger partial charge on any atom is -0.508 e. The fourth-order valence-electron chi connectivity index (χ4n) is 6.20. The van der Waals surface area contributed by atoms with Gasteiger partial charge >= 0.3 is 6.03 Å². The van der Waals surface area contributed by atoms with Crippen molar-refractivity contribution >= 4 is 17.8 Å². The van der Waals surface area contributed by atoms with E-state index in [2.05, 4.69) is 16.9 Å². The summed E-state index contributed by atoms with van der Waals surface area (Å²) in [5, 5.41) is 16.0. The Balaban J connectivity index is 1.35. The van der Waals surface area contributed by atoms with E-state index in [1.54, 1.807) is 64.8 Å². The number of hydrazine groups is 1. The molecule has 0 bridgehead atoms. The van der Waals surface area contributed by atoms with Gasteiger partial charge in [-0.3, -0.25) is 14.6 Å². The third-order valence-electron chi connectivity index (χ3n) is 8.43. The molecule has 3 heterocycles. The number of halogens is 1. The third kappa shape index (κ3) is 6.85. The Morgan fingerprint density at radius 2 is 1.70 bits per heavy atom. The molecule has 2 aliphatic rings. The number of urea groups is 1. The number of fused-ring (bicyclic) bond motifs is 1. The summed E-state index contributed by atoms with van der Waals surface area (Å²) in [5.74, 6) is -0.901. The van der Waals surface area contributed by atoms with Crippen LogP contribution < -0.4 is 5.32 Å². The molecular formula is C36H35FN6O4. The lowest BCUT2D eigenvalue weighted by molar-refractivity contribution is -0.189. The smallest absolute Gasteiger partial charge is 0.334 e. The second kappa shape index (κ2) is 13.8. The maximum atomic E-state index is 14.9. The van der Waals surface area contributed by atoms with Gasteiger partial charge in [0.1, 0.15) is 23.8 Å². The molecule has 2 N–H and O–H groups in total. The van der Waals surface area contributed by atoms with Gasteiger partial charge in [0, 0.05) is 44.0 Å². The molecule has 0 unspecified atom stereocenters. The molecule has 2 saturated heterocycles. The first kappa shape index (κ1) is 31.4. The van der Waals surface area contributed by atoms with Crippen molar-refractivity contribution in [1.82, 2.24) is 30.1 Å². The number of piperazine rings is 1. The molecule has 3 aromatic carbocycles. The summed E-state index contributed by atoms with van der Waals surface area (Å²) in [7, 11) is 0. The van der Waals surface area contributed by atoms with Gasteiger partial charge < -0.3 is 20.2 Å². The maximum absolute atomic E-state index is 14.9. The van der Waals surface area contributed by atoms with Crippen LogP contribution in [0.1, 0.15) is 16.7 Å². The van der Waals surface area contributed by atoms with E-state index in [0.717, 1.165) is 11.1 Å². The molecule has 6 rings (SSSR count). The molecule has 2 aliphatic heterocycles. The summed E-state index contributed by atoms with van der Waals surface area (Å²) in [6.45, 7) is 4.38. The highest BCUT2D eigenvalue weighted by Gasteiger charge is 2.51. The van der Waals surface area contributed by atoms with E-state index >= 15 is 0 Å². The fraction of sp³-hybridized carbons (Fsp3) is 0.222. The van der Waals surface area contributed by atoms with E-state index < -0.39 is 24.1 Å². The van der Waals surface area contributed by atoms with Gasteiger partial charge in [-0.25, -0.2) is 19.2 Å². The SMILES string of the molecule is C=CCN1CC(=O)N2[C@@H](Cc3ccc(O)cc3)C(=O)N(Cc3ccc(F)c(-c4ccncc4)c3)C[C@@H]2N1C(=O)NCc1ccccc1. The van der Waals surface area contributed by atoms with E-state index in [-0.39, 0.29) is 56.7 Å². The minimum absolute atomic E-state index is 0.0328. The van der Waals surface area contributed by atoms with Gasteiger partial charge in [-0.1, -0.05) is 54.6 Å². The summed E-state index contributed by atoms with van der Waals surface area (Å²) in [4.78, 5) is 49.2. The first-order valence-corrected chi connectivity index (χ1v) is 15.4. The van der Waals surface area contributed by atoms with Gasteiger partial charge in [0.05, 0.1) is 13.1 Å². The van der Waals surface area contributed by atoms with Crippen LogP contribution in [0.3, 0.4) is 0 Å². The molecule has 11 heteroatoms. The molecule has 240 valence electrons. The molecule has 47 heavy (non-hydrogen) atoms. The zero-order valence-electron chi connectivity index (χ0n) is 25.7. The summed E-state index contributed by atoms with van der Waals surface area (Å²) in [5.41, 5.74) is 3.37. The number of phenolic OH excluding ortho intramolecular Hbond substituents is 1. The highest BCUT2D eigenvalue weighted by atomic mass is 19.1. The average Bonchev–Trinajstić information content (AvgIpc) is 3.08. The lowest BCUT2D eigenvalue weighted by Gasteiger charge is -2.55. The van der Waals surface area contributed by atoms with Gasteiger partial charge in [-0.05, 0) is 58.7 Å². The lowest BCUT2D eigenvalue weighted by atomic mass is 9.97. The summed E-state index contributed by atoms with van der Waals surface area (Å²) in [6, 6.07) is 22.8. The largest absolute Gasteiger partial charge is 0.508 e. The molecule has 0 aliphatic carbocycles. The summed E-state index contributed by atoms with van der Waals surface area (Å²) >= 11 is 0. The number of benzene rings is 3. The number of aromatic nitrogens is 1. The first-order valence-electron chi connectivity index (χ1n) is 15.4. The van der Waals surface area contributed by atoms with E-state index in [1.165, 1.54) is 28.1 Å². The topological polar surface area (TPSA) is 109 Å². The highest BCUT2D eigenvalue weighted by molar-refractivity contribution is 5.91. The van der Waals surface area contributed by atoms with Crippen molar-refractivity contribution in [2.24, 2.45) is 0 Å². The molecule has 0 saturated carbocycles. The van der Waals surface area contributed by atoms with Gasteiger partial charge in [0.15, 0.2) is 0 Å². The zero-order chi connectivity index (χ0) is 32.9. The summed E-state index contributed by atoms with van der Waals surface area (Å²) in [6.07, 6.45) is 4.14. The molecule has 0 radical (unpaired) electrons. The maximum Gasteiger partial charge on any atom is 0.334 e. The predicted molar refractivity (Wildman–Crippen MR) is 174 cm³/mol. The minimum atomic E-state index is -0.929. The van der Waals surface area contributed by atoms with Crippen LogP contribution in [0.4, 0.5) is 9.18 Å². The van der Waals surface area contributed by atoms with Crippen LogP contribution in [0.2, 0.25) is 0 Å². The number of nitrogens with one attached hydrogen (secondary N) is 1. The van der Waals surface area contributed by atoms with Gasteiger partial charge in [0.2, 0.25) is 11.8 Å². The van der Waals surface area contributed by atoms with Crippen LogP contribution in [0, 0.1) is 5.82 Å². The van der Waals surface area contributed by atoms with Crippen LogP contribution in [-0.2, 0) is 29.1 Å². The number of carbonyl (C=O) groups excluding carboxylic acids is 3. The van der Waals surface area contributed by atoms with Gasteiger partial charge in [0.25, 0.3) is 0 Å². The monoisotopic (exact) mass is 634 g/mol. The number of amides is 4. The summed E-state index contributed by atoms with van der Waals surface area (Å²) < 4.78 is 14.9. The molecule has 4 aromatic rings. The van der Waals surface area contributed by atoms with Crippen LogP contribution in [0.25, 0.3) is 11.1 Å². The normalized spacial score (nSPS) is 18.2. The molecule has 1 aromatic heterocycles. The van der Waals surface area contributed by atoms with Crippen molar-refractivity contribution in [3.05, 3.63) is 132 Å². The number of hydrogen-bond acceptors (Lipinski definition) is 6. The van der Waals surface area contributed by atoms with Gasteiger partial charge in [-0.2, -0.15) is 0 Å². The number of hydrogen-bond donors (Lipinski definition) is 2. The number of pyridine rings is 1. The Kier molecular flexibility index (Phi) is 9.25. The number of phenols is 1. The quantitative estimate of drug-likeness (QED) is 0.266. The van der Waals surface area contributed by atoms with Crippen molar-refractivity contribution < 1.29 is 23.9 Å². The van der Waals surface area contributed by atoms with Crippen LogP contribution in [0.15, 0.2) is 110 Å². The zero-order valence-corrected chi connectivity index (χ0v) is 25.7. The van der Waals surface area contributed by atoms with Crippen LogP contribution in [0.5, 0.6) is 5.75 Å². The lowest BCUT2D eigenvalue weighted by Crippen LogP contribution is -2.76. The number of carbonyl (C=O) groups is 3. The van der Waals surface area contributed by atoms with Crippen molar-refractivity contribution in [1.29, 1.82) is 0 Å². The van der Waals surface area contributed by atoms with E-state index in [9.17, 15) is 23.9 Å². The highest BCUT2D eigenvalue weighted by Crippen LogP contribution is 2.31. The fourth-order valence-corrected chi connectivity index (χ4v) is 6.20. The Morgan fingerprint density at radius 1 is 0.979 bits per heavy atom. The predicted octanol–water partition coefficient (Wildman–Crippen LogP) is 4.33. The average molecular weight is 635 g/mol. The number of aromatic hydroxyl groups is 1. The van der Waals surface area contributed by atoms with Crippen molar-refractivity contribution in [2.75, 3.05) is 19.6 Å². The van der Waals surface area contributed by atoms with E-state index in [4.69, 9.17) is 0 Å². The molecule has 0 spiro atoms. The van der Waals surface area contributed by atoms with Crippen LogP contribution >= 0.6 is 0 Å². The molecule has 2 atom stereocenters. The van der Waals surface area contributed by atoms with Crippen LogP contribution in [-0.4, -0.2) is 79.6 Å². The van der Waals surface area contributed by atoms with E-state index in [1.807, 2.05) is 30.3 Å². The van der Waals surface area contributed by atoms with Crippen molar-refractivity contribution in [3.63, 3.8) is 0 Å².